The van der Waals surface area contributed by atoms with Crippen LogP contribution in [0.1, 0.15) is 43.2 Å². The number of benzene rings is 1. The number of alkyl halides is 3. The van der Waals surface area contributed by atoms with Crippen molar-refractivity contribution in [1.29, 1.82) is 0 Å². The molecule has 0 aliphatic carbocycles. The Morgan fingerprint density at radius 2 is 1.84 bits per heavy atom. The topological polar surface area (TPSA) is 41.1 Å². The molecule has 1 amide bonds. The third kappa shape index (κ3) is 5.07. The molecule has 2 N–H and O–H groups in total. The Labute approximate surface area is 150 Å². The molecule has 2 bridgehead atoms. The Kier molecular flexibility index (Phi) is 6.32. The van der Waals surface area contributed by atoms with Gasteiger partial charge in [-0.25, -0.2) is 4.39 Å². The van der Waals surface area contributed by atoms with Crippen LogP contribution >= 0.6 is 12.4 Å². The van der Waals surface area contributed by atoms with Crippen molar-refractivity contribution in [3.63, 3.8) is 0 Å². The normalized spacial score (nSPS) is 25.4. The molecule has 2 fully saturated rings. The van der Waals surface area contributed by atoms with Crippen molar-refractivity contribution in [2.24, 2.45) is 5.92 Å². The minimum absolute atomic E-state index is 0. The highest BCUT2D eigenvalue weighted by atomic mass is 35.5. The van der Waals surface area contributed by atoms with Crippen molar-refractivity contribution in [3.05, 3.63) is 35.1 Å². The van der Waals surface area contributed by atoms with Crippen LogP contribution in [0.3, 0.4) is 0 Å². The number of hydrogen-bond acceptors (Lipinski definition) is 2. The predicted molar refractivity (Wildman–Crippen MR) is 87.8 cm³/mol. The number of fused-ring (bicyclic) bond motifs is 2. The molecule has 2 heterocycles. The maximum atomic E-state index is 13.1. The van der Waals surface area contributed by atoms with Gasteiger partial charge in [0, 0.05) is 25.0 Å². The highest BCUT2D eigenvalue weighted by Crippen LogP contribution is 2.34. The molecule has 2 aliphatic rings. The minimum atomic E-state index is -4.64. The molecule has 25 heavy (non-hydrogen) atoms. The average molecular weight is 381 g/mol. The smallest absolute Gasteiger partial charge is 0.352 e. The van der Waals surface area contributed by atoms with Gasteiger partial charge in [0.05, 0.1) is 5.56 Å². The summed E-state index contributed by atoms with van der Waals surface area (Å²) >= 11 is 0. The summed E-state index contributed by atoms with van der Waals surface area (Å²) in [5.41, 5.74) is -1.16. The summed E-state index contributed by atoms with van der Waals surface area (Å²) in [5, 5.41) is 6.03. The standard InChI is InChI=1S/C17H20F4N2O.ClH/c18-12-2-1-11(15(8-12)17(19,20)21)9-22-16(24)7-10-5-13-3-4-14(6-10)23-13;/h1-2,8,10,13-14,23H,3-7,9H2,(H,22,24);1H. The van der Waals surface area contributed by atoms with Crippen LogP contribution in [0.4, 0.5) is 17.6 Å². The number of nitrogens with one attached hydrogen (secondary N) is 2. The molecule has 2 atom stereocenters. The lowest BCUT2D eigenvalue weighted by molar-refractivity contribution is -0.138. The maximum absolute atomic E-state index is 13.1. The highest BCUT2D eigenvalue weighted by molar-refractivity contribution is 5.85. The van der Waals surface area contributed by atoms with Crippen LogP contribution in [0.15, 0.2) is 18.2 Å². The van der Waals surface area contributed by atoms with Gasteiger partial charge in [0.1, 0.15) is 5.82 Å². The van der Waals surface area contributed by atoms with E-state index < -0.39 is 17.6 Å². The quantitative estimate of drug-likeness (QED) is 0.780. The zero-order valence-corrected chi connectivity index (χ0v) is 14.4. The molecule has 2 saturated heterocycles. The fourth-order valence-corrected chi connectivity index (χ4v) is 3.84. The fraction of sp³-hybridized carbons (Fsp3) is 0.588. The van der Waals surface area contributed by atoms with E-state index in [0.29, 0.717) is 24.6 Å². The second kappa shape index (κ2) is 7.91. The van der Waals surface area contributed by atoms with E-state index in [1.807, 2.05) is 0 Å². The first-order chi connectivity index (χ1) is 11.3. The molecule has 1 aromatic rings. The molecular formula is C17H21ClF4N2O. The molecule has 0 radical (unpaired) electrons. The Morgan fingerprint density at radius 3 is 2.44 bits per heavy atom. The lowest BCUT2D eigenvalue weighted by Gasteiger charge is -2.28. The van der Waals surface area contributed by atoms with Crippen molar-refractivity contribution < 1.29 is 22.4 Å². The van der Waals surface area contributed by atoms with Crippen molar-refractivity contribution in [2.75, 3.05) is 0 Å². The molecule has 8 heteroatoms. The summed E-state index contributed by atoms with van der Waals surface area (Å²) in [7, 11) is 0. The Hall–Kier alpha value is -1.34. The molecule has 3 nitrogen and oxygen atoms in total. The van der Waals surface area contributed by atoms with Gasteiger partial charge in [-0.1, -0.05) is 6.07 Å². The Morgan fingerprint density at radius 1 is 1.20 bits per heavy atom. The van der Waals surface area contributed by atoms with Crippen molar-refractivity contribution in [2.45, 2.75) is 56.9 Å². The molecular weight excluding hydrogens is 360 g/mol. The lowest BCUT2D eigenvalue weighted by atomic mass is 9.89. The number of hydrogen-bond donors (Lipinski definition) is 2. The average Bonchev–Trinajstić information content (AvgIpc) is 2.84. The molecule has 140 valence electrons. The van der Waals surface area contributed by atoms with Crippen molar-refractivity contribution in [3.8, 4) is 0 Å². The molecule has 0 spiro atoms. The van der Waals surface area contributed by atoms with Gasteiger partial charge in [0.25, 0.3) is 0 Å². The number of carbonyl (C=O) groups is 1. The summed E-state index contributed by atoms with van der Waals surface area (Å²) in [5.74, 6) is -0.916. The first kappa shape index (κ1) is 20.0. The van der Waals surface area contributed by atoms with E-state index >= 15 is 0 Å². The van der Waals surface area contributed by atoms with Gasteiger partial charge in [0.2, 0.25) is 5.91 Å². The molecule has 0 aromatic heterocycles. The number of rotatable bonds is 4. The monoisotopic (exact) mass is 380 g/mol. The fourth-order valence-electron chi connectivity index (χ4n) is 3.84. The zero-order valence-electron chi connectivity index (χ0n) is 13.5. The van der Waals surface area contributed by atoms with Gasteiger partial charge >= 0.3 is 6.18 Å². The predicted octanol–water partition coefficient (Wildman–Crippen LogP) is 3.80. The van der Waals surface area contributed by atoms with E-state index in [-0.39, 0.29) is 36.3 Å². The van der Waals surface area contributed by atoms with Crippen LogP contribution in [0.5, 0.6) is 0 Å². The van der Waals surface area contributed by atoms with E-state index in [1.54, 1.807) is 0 Å². The summed E-state index contributed by atoms with van der Waals surface area (Å²) in [6.45, 7) is -0.244. The number of piperidine rings is 1. The van der Waals surface area contributed by atoms with Crippen LogP contribution < -0.4 is 10.6 Å². The largest absolute Gasteiger partial charge is 0.416 e. The first-order valence-corrected chi connectivity index (χ1v) is 8.19. The van der Waals surface area contributed by atoms with Gasteiger partial charge in [-0.05, 0) is 49.3 Å². The van der Waals surface area contributed by atoms with Crippen LogP contribution in [0.25, 0.3) is 0 Å². The van der Waals surface area contributed by atoms with Crippen LogP contribution in [-0.4, -0.2) is 18.0 Å². The number of amides is 1. The number of halogens is 5. The molecule has 2 aliphatic heterocycles. The van der Waals surface area contributed by atoms with E-state index in [9.17, 15) is 22.4 Å². The summed E-state index contributed by atoms with van der Waals surface area (Å²) in [6.07, 6.45) is -0.170. The summed E-state index contributed by atoms with van der Waals surface area (Å²) in [4.78, 5) is 12.1. The second-order valence-corrected chi connectivity index (χ2v) is 6.76. The van der Waals surface area contributed by atoms with Gasteiger partial charge in [-0.3, -0.25) is 4.79 Å². The van der Waals surface area contributed by atoms with Gasteiger partial charge in [-0.2, -0.15) is 13.2 Å². The van der Waals surface area contributed by atoms with Crippen molar-refractivity contribution in [1.82, 2.24) is 10.6 Å². The van der Waals surface area contributed by atoms with Crippen LogP contribution in [0, 0.1) is 11.7 Å². The zero-order chi connectivity index (χ0) is 17.3. The lowest BCUT2D eigenvalue weighted by Crippen LogP contribution is -2.39. The highest BCUT2D eigenvalue weighted by Gasteiger charge is 2.35. The van der Waals surface area contributed by atoms with Gasteiger partial charge in [0.15, 0.2) is 0 Å². The summed E-state index contributed by atoms with van der Waals surface area (Å²) in [6, 6.07) is 3.45. The Bertz CT molecular complexity index is 611. The SMILES string of the molecule is Cl.O=C(CC1CC2CCC(C1)N2)NCc1ccc(F)cc1C(F)(F)F. The molecule has 3 rings (SSSR count). The summed E-state index contributed by atoms with van der Waals surface area (Å²) < 4.78 is 51.9. The Balaban J connectivity index is 0.00000225. The molecule has 1 aromatic carbocycles. The third-order valence-corrected chi connectivity index (χ3v) is 4.90. The maximum Gasteiger partial charge on any atom is 0.416 e. The van der Waals surface area contributed by atoms with E-state index in [0.717, 1.165) is 37.8 Å². The molecule has 2 unspecified atom stereocenters. The third-order valence-electron chi connectivity index (χ3n) is 4.90. The second-order valence-electron chi connectivity index (χ2n) is 6.76. The van der Waals surface area contributed by atoms with E-state index in [1.165, 1.54) is 0 Å². The van der Waals surface area contributed by atoms with E-state index in [2.05, 4.69) is 10.6 Å². The van der Waals surface area contributed by atoms with Crippen molar-refractivity contribution >= 4 is 18.3 Å². The van der Waals surface area contributed by atoms with Crippen LogP contribution in [-0.2, 0) is 17.5 Å². The first-order valence-electron chi connectivity index (χ1n) is 8.19. The van der Waals surface area contributed by atoms with Crippen LogP contribution in [0.2, 0.25) is 0 Å². The molecule has 0 saturated carbocycles. The number of carbonyl (C=O) groups excluding carboxylic acids is 1. The van der Waals surface area contributed by atoms with Gasteiger partial charge < -0.3 is 10.6 Å². The van der Waals surface area contributed by atoms with Gasteiger partial charge in [-0.15, -0.1) is 12.4 Å². The minimum Gasteiger partial charge on any atom is -0.352 e. The van der Waals surface area contributed by atoms with E-state index in [4.69, 9.17) is 0 Å².